The quantitative estimate of drug-likeness (QED) is 0.399. The van der Waals surface area contributed by atoms with Crippen molar-refractivity contribution in [3.05, 3.63) is 53.4 Å². The molecule has 0 unspecified atom stereocenters. The first-order valence-corrected chi connectivity index (χ1v) is 7.77. The second-order valence-corrected chi connectivity index (χ2v) is 5.73. The van der Waals surface area contributed by atoms with Crippen molar-refractivity contribution >= 4 is 46.2 Å². The molecule has 0 spiro atoms. The zero-order valence-electron chi connectivity index (χ0n) is 10.9. The lowest BCUT2D eigenvalue weighted by Gasteiger charge is -1.99. The van der Waals surface area contributed by atoms with E-state index in [2.05, 4.69) is 4.98 Å². The monoisotopic (exact) mass is 314 g/mol. The van der Waals surface area contributed by atoms with E-state index in [1.165, 1.54) is 11.8 Å². The summed E-state index contributed by atoms with van der Waals surface area (Å²) in [5, 5.41) is 0.628. The number of nitrogens with zero attached hydrogens (tertiary/aromatic N) is 2. The minimum Gasteiger partial charge on any atom is -0.431 e. The summed E-state index contributed by atoms with van der Waals surface area (Å²) in [5.74, 6) is 0.600. The van der Waals surface area contributed by atoms with Crippen molar-refractivity contribution in [3.63, 3.8) is 0 Å². The molecule has 6 heteroatoms. The summed E-state index contributed by atoms with van der Waals surface area (Å²) in [7, 11) is 0. The van der Waals surface area contributed by atoms with Gasteiger partial charge in [-0.3, -0.25) is 4.57 Å². The standard InChI is InChI=1S/C15H10N2O2S2/c20-15-17(11-6-2-4-8-13(11)19-15)9-21-14-16-10-5-1-3-7-12(10)18-14/h1-8H,9H2. The average molecular weight is 314 g/mol. The number of aromatic nitrogens is 2. The molecule has 4 nitrogen and oxygen atoms in total. The average Bonchev–Trinajstić information content (AvgIpc) is 3.04. The van der Waals surface area contributed by atoms with E-state index in [9.17, 15) is 0 Å². The van der Waals surface area contributed by atoms with Crippen LogP contribution >= 0.6 is 24.0 Å². The van der Waals surface area contributed by atoms with Crippen LogP contribution in [0.1, 0.15) is 0 Å². The molecular formula is C15H10N2O2S2. The van der Waals surface area contributed by atoms with Crippen molar-refractivity contribution in [1.82, 2.24) is 9.55 Å². The van der Waals surface area contributed by atoms with Gasteiger partial charge in [0.15, 0.2) is 11.2 Å². The summed E-state index contributed by atoms with van der Waals surface area (Å²) < 4.78 is 13.2. The second kappa shape index (κ2) is 5.05. The molecule has 0 atom stereocenters. The van der Waals surface area contributed by atoms with E-state index >= 15 is 0 Å². The number of hydrogen-bond acceptors (Lipinski definition) is 5. The van der Waals surface area contributed by atoms with E-state index in [4.69, 9.17) is 21.1 Å². The first-order chi connectivity index (χ1) is 10.3. The Morgan fingerprint density at radius 1 is 1.00 bits per heavy atom. The maximum absolute atomic E-state index is 5.69. The van der Waals surface area contributed by atoms with Gasteiger partial charge < -0.3 is 8.83 Å². The normalized spacial score (nSPS) is 11.4. The number of oxazole rings is 2. The Hall–Kier alpha value is -2.05. The van der Waals surface area contributed by atoms with Crippen LogP contribution in [0.4, 0.5) is 0 Å². The van der Waals surface area contributed by atoms with Gasteiger partial charge in [0, 0.05) is 0 Å². The molecule has 0 fully saturated rings. The van der Waals surface area contributed by atoms with E-state index in [0.717, 1.165) is 22.2 Å². The van der Waals surface area contributed by atoms with Crippen LogP contribution in [0, 0.1) is 4.84 Å². The van der Waals surface area contributed by atoms with E-state index < -0.39 is 0 Å². The van der Waals surface area contributed by atoms with Crippen molar-refractivity contribution in [1.29, 1.82) is 0 Å². The number of para-hydroxylation sites is 4. The maximum atomic E-state index is 5.69. The lowest BCUT2D eigenvalue weighted by atomic mass is 10.3. The van der Waals surface area contributed by atoms with Gasteiger partial charge in [-0.15, -0.1) is 0 Å². The summed E-state index contributed by atoms with van der Waals surface area (Å²) in [6.07, 6.45) is 0. The number of thioether (sulfide) groups is 1. The molecule has 4 rings (SSSR count). The molecule has 0 aliphatic rings. The van der Waals surface area contributed by atoms with Crippen molar-refractivity contribution in [3.8, 4) is 0 Å². The predicted molar refractivity (Wildman–Crippen MR) is 84.9 cm³/mol. The molecule has 0 aliphatic carbocycles. The summed E-state index contributed by atoms with van der Waals surface area (Å²) in [6.45, 7) is 0. The van der Waals surface area contributed by atoms with Gasteiger partial charge in [-0.2, -0.15) is 0 Å². The molecule has 0 N–H and O–H groups in total. The molecule has 2 aromatic heterocycles. The lowest BCUT2D eigenvalue weighted by molar-refractivity contribution is 0.488. The molecular weight excluding hydrogens is 304 g/mol. The van der Waals surface area contributed by atoms with Crippen molar-refractivity contribution in [2.24, 2.45) is 0 Å². The third-order valence-electron chi connectivity index (χ3n) is 3.17. The number of hydrogen-bond donors (Lipinski definition) is 0. The Balaban J connectivity index is 1.66. The first kappa shape index (κ1) is 12.7. The summed E-state index contributed by atoms with van der Waals surface area (Å²) in [4.78, 5) is 4.90. The van der Waals surface area contributed by atoms with E-state index in [0.29, 0.717) is 15.9 Å². The number of benzene rings is 2. The first-order valence-electron chi connectivity index (χ1n) is 6.38. The van der Waals surface area contributed by atoms with Gasteiger partial charge in [0.05, 0.1) is 11.4 Å². The van der Waals surface area contributed by atoms with Gasteiger partial charge in [0.1, 0.15) is 5.52 Å². The minimum atomic E-state index is 0.458. The lowest BCUT2D eigenvalue weighted by Crippen LogP contribution is -1.93. The Morgan fingerprint density at radius 3 is 2.62 bits per heavy atom. The molecule has 0 amide bonds. The highest BCUT2D eigenvalue weighted by Crippen LogP contribution is 2.26. The third-order valence-corrected chi connectivity index (χ3v) is 4.28. The summed E-state index contributed by atoms with van der Waals surface area (Å²) >= 11 is 6.76. The molecule has 0 aliphatic heterocycles. The van der Waals surface area contributed by atoms with Crippen LogP contribution in [-0.4, -0.2) is 9.55 Å². The highest BCUT2D eigenvalue weighted by molar-refractivity contribution is 7.98. The van der Waals surface area contributed by atoms with Gasteiger partial charge in [0.25, 0.3) is 10.1 Å². The van der Waals surface area contributed by atoms with Gasteiger partial charge in [-0.1, -0.05) is 24.3 Å². The van der Waals surface area contributed by atoms with E-state index in [1.54, 1.807) is 0 Å². The number of rotatable bonds is 3. The Kier molecular flexibility index (Phi) is 3.05. The van der Waals surface area contributed by atoms with Gasteiger partial charge in [0.2, 0.25) is 0 Å². The fourth-order valence-corrected chi connectivity index (χ4v) is 3.31. The van der Waals surface area contributed by atoms with Crippen LogP contribution in [-0.2, 0) is 5.88 Å². The fraction of sp³-hybridized carbons (Fsp3) is 0.0667. The van der Waals surface area contributed by atoms with E-state index in [1.807, 2.05) is 53.1 Å². The van der Waals surface area contributed by atoms with Crippen molar-refractivity contribution < 1.29 is 8.83 Å². The van der Waals surface area contributed by atoms with Crippen molar-refractivity contribution in [2.45, 2.75) is 11.1 Å². The molecule has 104 valence electrons. The highest BCUT2D eigenvalue weighted by atomic mass is 32.2. The van der Waals surface area contributed by atoms with Gasteiger partial charge >= 0.3 is 0 Å². The van der Waals surface area contributed by atoms with Gasteiger partial charge in [-0.05, 0) is 48.2 Å². The predicted octanol–water partition coefficient (Wildman–Crippen LogP) is 4.85. The largest absolute Gasteiger partial charge is 0.431 e. The molecule has 21 heavy (non-hydrogen) atoms. The fourth-order valence-electron chi connectivity index (χ4n) is 2.17. The van der Waals surface area contributed by atoms with Crippen LogP contribution in [0.5, 0.6) is 0 Å². The highest BCUT2D eigenvalue weighted by Gasteiger charge is 2.09. The SMILES string of the molecule is S=c1oc2ccccc2n1CSc1nc2ccccc2o1. The molecule has 4 aromatic rings. The van der Waals surface area contributed by atoms with Crippen LogP contribution in [0.15, 0.2) is 62.6 Å². The zero-order valence-corrected chi connectivity index (χ0v) is 12.5. The summed E-state index contributed by atoms with van der Waals surface area (Å²) in [6, 6.07) is 15.5. The topological polar surface area (TPSA) is 44.1 Å². The maximum Gasteiger partial charge on any atom is 0.270 e. The summed E-state index contributed by atoms with van der Waals surface area (Å²) in [5.41, 5.74) is 3.42. The molecule has 0 bridgehead atoms. The second-order valence-electron chi connectivity index (χ2n) is 4.48. The minimum absolute atomic E-state index is 0.458. The van der Waals surface area contributed by atoms with Crippen LogP contribution in [0.3, 0.4) is 0 Å². The zero-order chi connectivity index (χ0) is 14.2. The van der Waals surface area contributed by atoms with Crippen LogP contribution < -0.4 is 0 Å². The smallest absolute Gasteiger partial charge is 0.270 e. The molecule has 2 heterocycles. The number of fused-ring (bicyclic) bond motifs is 2. The van der Waals surface area contributed by atoms with Gasteiger partial charge in [-0.25, -0.2) is 4.98 Å². The Labute approximate surface area is 129 Å². The van der Waals surface area contributed by atoms with Crippen LogP contribution in [0.2, 0.25) is 0 Å². The molecule has 2 aromatic carbocycles. The molecule has 0 saturated heterocycles. The van der Waals surface area contributed by atoms with Crippen LogP contribution in [0.25, 0.3) is 22.2 Å². The third kappa shape index (κ3) is 2.26. The van der Waals surface area contributed by atoms with E-state index in [-0.39, 0.29) is 0 Å². The van der Waals surface area contributed by atoms with Crippen molar-refractivity contribution in [2.75, 3.05) is 0 Å². The molecule has 0 saturated carbocycles. The Bertz CT molecular complexity index is 951. The Morgan fingerprint density at radius 2 is 1.76 bits per heavy atom. The molecule has 0 radical (unpaired) electrons.